The van der Waals surface area contributed by atoms with Gasteiger partial charge < -0.3 is 5.73 Å². The highest BCUT2D eigenvalue weighted by atomic mass is 32.1. The number of aromatic nitrogens is 1. The van der Waals surface area contributed by atoms with Crippen molar-refractivity contribution in [2.45, 2.75) is 38.4 Å². The molecule has 1 aliphatic rings. The second kappa shape index (κ2) is 3.96. The zero-order valence-corrected chi connectivity index (χ0v) is 9.50. The largest absolute Gasteiger partial charge is 0.326 e. The van der Waals surface area contributed by atoms with Gasteiger partial charge in [-0.2, -0.15) is 0 Å². The van der Waals surface area contributed by atoms with E-state index in [2.05, 4.69) is 23.7 Å². The van der Waals surface area contributed by atoms with E-state index in [-0.39, 0.29) is 0 Å². The Kier molecular flexibility index (Phi) is 2.85. The molecule has 2 rings (SSSR count). The Hall–Kier alpha value is -0.450. The molecule has 3 nitrogen and oxygen atoms in total. The van der Waals surface area contributed by atoms with E-state index in [1.165, 1.54) is 5.01 Å². The van der Waals surface area contributed by atoms with Crippen LogP contribution in [0.2, 0.25) is 0 Å². The highest BCUT2D eigenvalue weighted by Crippen LogP contribution is 2.29. The topological polar surface area (TPSA) is 42.2 Å². The molecule has 4 heteroatoms. The van der Waals surface area contributed by atoms with Crippen LogP contribution in [0.5, 0.6) is 0 Å². The van der Waals surface area contributed by atoms with Crippen LogP contribution in [-0.4, -0.2) is 28.5 Å². The van der Waals surface area contributed by atoms with E-state index in [1.807, 2.05) is 11.6 Å². The molecule has 3 unspecified atom stereocenters. The Labute approximate surface area is 88.9 Å². The zero-order valence-electron chi connectivity index (χ0n) is 8.68. The van der Waals surface area contributed by atoms with Gasteiger partial charge in [0.1, 0.15) is 5.01 Å². The maximum Gasteiger partial charge on any atom is 0.109 e. The molecule has 0 aromatic carbocycles. The summed E-state index contributed by atoms with van der Waals surface area (Å²) in [6.07, 6.45) is 2.98. The number of nitrogens with zero attached hydrogens (tertiary/aromatic N) is 2. The van der Waals surface area contributed by atoms with Crippen LogP contribution in [0.25, 0.3) is 0 Å². The van der Waals surface area contributed by atoms with Crippen LogP contribution < -0.4 is 5.73 Å². The number of likely N-dealkylation sites (tertiary alicyclic amines) is 1. The molecule has 78 valence electrons. The fourth-order valence-corrected chi connectivity index (χ4v) is 2.83. The second-order valence-corrected chi connectivity index (χ2v) is 4.90. The smallest absolute Gasteiger partial charge is 0.109 e. The molecule has 2 N–H and O–H groups in total. The van der Waals surface area contributed by atoms with Crippen molar-refractivity contribution in [1.82, 2.24) is 9.88 Å². The third kappa shape index (κ3) is 1.69. The molecule has 0 saturated carbocycles. The van der Waals surface area contributed by atoms with Gasteiger partial charge in [-0.15, -0.1) is 11.3 Å². The van der Waals surface area contributed by atoms with Gasteiger partial charge in [-0.1, -0.05) is 0 Å². The summed E-state index contributed by atoms with van der Waals surface area (Å²) in [5.74, 6) is 0. The number of thiazole rings is 1. The molecular weight excluding hydrogens is 194 g/mol. The van der Waals surface area contributed by atoms with E-state index in [0.717, 1.165) is 13.0 Å². The van der Waals surface area contributed by atoms with Gasteiger partial charge in [-0.25, -0.2) is 4.98 Å². The lowest BCUT2D eigenvalue weighted by Crippen LogP contribution is -2.38. The summed E-state index contributed by atoms with van der Waals surface area (Å²) in [5, 5.41) is 3.23. The highest BCUT2D eigenvalue weighted by Gasteiger charge is 2.32. The number of rotatable bonds is 2. The Morgan fingerprint density at radius 2 is 2.50 bits per heavy atom. The summed E-state index contributed by atoms with van der Waals surface area (Å²) in [6.45, 7) is 5.53. The van der Waals surface area contributed by atoms with Crippen LogP contribution in [0, 0.1) is 0 Å². The van der Waals surface area contributed by atoms with Crippen molar-refractivity contribution in [3.05, 3.63) is 16.6 Å². The van der Waals surface area contributed by atoms with Crippen molar-refractivity contribution in [2.24, 2.45) is 5.73 Å². The average Bonchev–Trinajstić information content (AvgIpc) is 2.77. The monoisotopic (exact) mass is 211 g/mol. The van der Waals surface area contributed by atoms with Crippen molar-refractivity contribution in [1.29, 1.82) is 0 Å². The Morgan fingerprint density at radius 1 is 1.71 bits per heavy atom. The van der Waals surface area contributed by atoms with E-state index in [9.17, 15) is 0 Å². The molecule has 1 fully saturated rings. The minimum atomic E-state index is 0.331. The number of nitrogens with two attached hydrogens (primary N) is 1. The molecule has 0 radical (unpaired) electrons. The maximum atomic E-state index is 6.00. The molecule has 14 heavy (non-hydrogen) atoms. The molecule has 1 aromatic heterocycles. The maximum absolute atomic E-state index is 6.00. The van der Waals surface area contributed by atoms with E-state index in [0.29, 0.717) is 18.1 Å². The minimum absolute atomic E-state index is 0.331. The Bertz CT molecular complexity index is 286. The van der Waals surface area contributed by atoms with E-state index in [4.69, 9.17) is 5.73 Å². The Balaban J connectivity index is 2.09. The predicted octanol–water partition coefficient (Wildman–Crippen LogP) is 1.63. The average molecular weight is 211 g/mol. The van der Waals surface area contributed by atoms with Crippen LogP contribution in [0.3, 0.4) is 0 Å². The lowest BCUT2D eigenvalue weighted by Gasteiger charge is -2.28. The first-order valence-electron chi connectivity index (χ1n) is 5.11. The molecule has 1 aromatic rings. The zero-order chi connectivity index (χ0) is 10.1. The van der Waals surface area contributed by atoms with Gasteiger partial charge in [-0.05, 0) is 20.3 Å². The van der Waals surface area contributed by atoms with Gasteiger partial charge in [0.25, 0.3) is 0 Å². The first kappa shape index (κ1) is 10.1. The second-order valence-electron chi connectivity index (χ2n) is 3.98. The standard InChI is InChI=1S/C10H17N3S/c1-7-9(11)3-5-13(7)8(2)10-12-4-6-14-10/h4,6-9H,3,5,11H2,1-2H3. The van der Waals surface area contributed by atoms with Crippen LogP contribution in [0.1, 0.15) is 31.3 Å². The van der Waals surface area contributed by atoms with E-state index >= 15 is 0 Å². The van der Waals surface area contributed by atoms with Crippen LogP contribution in [-0.2, 0) is 0 Å². The van der Waals surface area contributed by atoms with Crippen molar-refractivity contribution in [3.63, 3.8) is 0 Å². The number of hydrogen-bond acceptors (Lipinski definition) is 4. The molecular formula is C10H17N3S. The minimum Gasteiger partial charge on any atom is -0.326 e. The van der Waals surface area contributed by atoms with Crippen molar-refractivity contribution in [2.75, 3.05) is 6.54 Å². The summed E-state index contributed by atoms with van der Waals surface area (Å²) < 4.78 is 0. The van der Waals surface area contributed by atoms with Gasteiger partial charge in [-0.3, -0.25) is 4.90 Å². The van der Waals surface area contributed by atoms with Gasteiger partial charge in [0.05, 0.1) is 6.04 Å². The lowest BCUT2D eigenvalue weighted by atomic mass is 10.1. The van der Waals surface area contributed by atoms with Crippen LogP contribution in [0.15, 0.2) is 11.6 Å². The lowest BCUT2D eigenvalue weighted by molar-refractivity contribution is 0.198. The van der Waals surface area contributed by atoms with Crippen molar-refractivity contribution >= 4 is 11.3 Å². The molecule has 1 aliphatic heterocycles. The molecule has 0 aliphatic carbocycles. The number of hydrogen-bond donors (Lipinski definition) is 1. The molecule has 0 bridgehead atoms. The summed E-state index contributed by atoms with van der Waals surface area (Å²) in [4.78, 5) is 6.80. The fourth-order valence-electron chi connectivity index (χ4n) is 2.12. The van der Waals surface area contributed by atoms with Gasteiger partial charge in [0.15, 0.2) is 0 Å². The third-order valence-electron chi connectivity index (χ3n) is 3.17. The molecule has 2 heterocycles. The molecule has 3 atom stereocenters. The van der Waals surface area contributed by atoms with Crippen LogP contribution in [0.4, 0.5) is 0 Å². The van der Waals surface area contributed by atoms with Gasteiger partial charge in [0, 0.05) is 30.2 Å². The summed E-state index contributed by atoms with van der Waals surface area (Å²) >= 11 is 1.73. The fraction of sp³-hybridized carbons (Fsp3) is 0.700. The summed E-state index contributed by atoms with van der Waals surface area (Å²) in [6, 6.07) is 1.23. The van der Waals surface area contributed by atoms with Gasteiger partial charge >= 0.3 is 0 Å². The summed E-state index contributed by atoms with van der Waals surface area (Å²) in [7, 11) is 0. The highest BCUT2D eigenvalue weighted by molar-refractivity contribution is 7.09. The summed E-state index contributed by atoms with van der Waals surface area (Å²) in [5.41, 5.74) is 6.00. The quantitative estimate of drug-likeness (QED) is 0.808. The van der Waals surface area contributed by atoms with E-state index < -0.39 is 0 Å². The first-order valence-corrected chi connectivity index (χ1v) is 5.99. The first-order chi connectivity index (χ1) is 6.70. The molecule has 0 amide bonds. The predicted molar refractivity (Wildman–Crippen MR) is 59.3 cm³/mol. The van der Waals surface area contributed by atoms with Crippen molar-refractivity contribution in [3.8, 4) is 0 Å². The molecule has 1 saturated heterocycles. The SMILES string of the molecule is CC(c1nccs1)N1CCC(N)C1C. The molecule has 0 spiro atoms. The van der Waals surface area contributed by atoms with Crippen LogP contribution >= 0.6 is 11.3 Å². The van der Waals surface area contributed by atoms with E-state index in [1.54, 1.807) is 11.3 Å². The van der Waals surface area contributed by atoms with Crippen molar-refractivity contribution < 1.29 is 0 Å². The normalized spacial score (nSPS) is 30.8. The van der Waals surface area contributed by atoms with Gasteiger partial charge in [0.2, 0.25) is 0 Å². The third-order valence-corrected chi connectivity index (χ3v) is 4.12. The Morgan fingerprint density at radius 3 is 3.00 bits per heavy atom.